The van der Waals surface area contributed by atoms with E-state index in [4.69, 9.17) is 4.74 Å². The molecule has 4 heteroatoms. The first-order chi connectivity index (χ1) is 7.58. The summed E-state index contributed by atoms with van der Waals surface area (Å²) in [5, 5.41) is 2.68. The number of hydrogen-bond acceptors (Lipinski definition) is 4. The SMILES string of the molecule is CC(C)(C)CC(C(=O)OCCN=O)C(C)(C)C. The summed E-state index contributed by atoms with van der Waals surface area (Å²) in [6.07, 6.45) is 0.768. The highest BCUT2D eigenvalue weighted by Gasteiger charge is 2.35. The number of esters is 1. The molecule has 0 radical (unpaired) electrons. The second-order valence-corrected chi connectivity index (χ2v) is 6.70. The Morgan fingerprint density at radius 2 is 1.71 bits per heavy atom. The molecule has 0 saturated heterocycles. The van der Waals surface area contributed by atoms with Crippen molar-refractivity contribution in [2.75, 3.05) is 13.2 Å². The molecule has 0 aliphatic carbocycles. The van der Waals surface area contributed by atoms with Gasteiger partial charge in [0.1, 0.15) is 13.2 Å². The van der Waals surface area contributed by atoms with Crippen LogP contribution in [0.4, 0.5) is 0 Å². The standard InChI is InChI=1S/C13H25NO3/c1-12(2,3)9-10(13(4,5)6)11(15)17-8-7-14-16/h10H,7-9H2,1-6H3. The van der Waals surface area contributed by atoms with Crippen LogP contribution in [0.25, 0.3) is 0 Å². The van der Waals surface area contributed by atoms with E-state index in [0.29, 0.717) is 0 Å². The van der Waals surface area contributed by atoms with Gasteiger partial charge in [0, 0.05) is 0 Å². The fourth-order valence-electron chi connectivity index (χ4n) is 1.64. The molecule has 0 aliphatic rings. The Balaban J connectivity index is 4.59. The summed E-state index contributed by atoms with van der Waals surface area (Å²) in [5.74, 6) is -0.384. The van der Waals surface area contributed by atoms with Crippen LogP contribution in [-0.4, -0.2) is 19.1 Å². The molecule has 0 saturated carbocycles. The molecule has 4 nitrogen and oxygen atoms in total. The number of rotatable bonds is 5. The largest absolute Gasteiger partial charge is 0.463 e. The molecule has 0 aromatic heterocycles. The predicted octanol–water partition coefficient (Wildman–Crippen LogP) is 3.39. The van der Waals surface area contributed by atoms with E-state index < -0.39 is 0 Å². The summed E-state index contributed by atoms with van der Waals surface area (Å²) in [4.78, 5) is 21.9. The van der Waals surface area contributed by atoms with E-state index in [9.17, 15) is 9.70 Å². The summed E-state index contributed by atoms with van der Waals surface area (Å²) < 4.78 is 5.08. The monoisotopic (exact) mass is 243 g/mol. The van der Waals surface area contributed by atoms with E-state index in [-0.39, 0.29) is 35.9 Å². The zero-order chi connectivity index (χ0) is 13.7. The highest BCUT2D eigenvalue weighted by atomic mass is 16.5. The van der Waals surface area contributed by atoms with Crippen molar-refractivity contribution in [1.82, 2.24) is 0 Å². The normalized spacial score (nSPS) is 14.2. The van der Waals surface area contributed by atoms with E-state index in [1.165, 1.54) is 0 Å². The minimum atomic E-state index is -0.226. The van der Waals surface area contributed by atoms with Gasteiger partial charge in [-0.25, -0.2) is 0 Å². The van der Waals surface area contributed by atoms with E-state index in [2.05, 4.69) is 25.9 Å². The van der Waals surface area contributed by atoms with Gasteiger partial charge < -0.3 is 4.74 Å². The maximum absolute atomic E-state index is 12.0. The maximum Gasteiger partial charge on any atom is 0.309 e. The molecule has 1 unspecified atom stereocenters. The van der Waals surface area contributed by atoms with Gasteiger partial charge in [-0.1, -0.05) is 46.7 Å². The lowest BCUT2D eigenvalue weighted by atomic mass is 9.72. The third-order valence-corrected chi connectivity index (χ3v) is 2.57. The van der Waals surface area contributed by atoms with Crippen molar-refractivity contribution in [3.63, 3.8) is 0 Å². The molecule has 0 aromatic rings. The van der Waals surface area contributed by atoms with Gasteiger partial charge in [-0.2, -0.15) is 4.91 Å². The Kier molecular flexibility index (Phi) is 5.79. The van der Waals surface area contributed by atoms with Gasteiger partial charge in [0.25, 0.3) is 0 Å². The molecule has 0 aliphatic heterocycles. The van der Waals surface area contributed by atoms with Crippen molar-refractivity contribution >= 4 is 5.97 Å². The molecular formula is C13H25NO3. The molecule has 0 aromatic carbocycles. The summed E-state index contributed by atoms with van der Waals surface area (Å²) in [6, 6.07) is 0. The lowest BCUT2D eigenvalue weighted by molar-refractivity contribution is -0.153. The van der Waals surface area contributed by atoms with Crippen LogP contribution < -0.4 is 0 Å². The average molecular weight is 243 g/mol. The second kappa shape index (κ2) is 6.12. The Morgan fingerprint density at radius 3 is 2.06 bits per heavy atom. The Labute approximate surface area is 104 Å². The van der Waals surface area contributed by atoms with Crippen molar-refractivity contribution < 1.29 is 9.53 Å². The van der Waals surface area contributed by atoms with E-state index >= 15 is 0 Å². The number of nitroso groups, excluding NO2 is 1. The second-order valence-electron chi connectivity index (χ2n) is 6.70. The van der Waals surface area contributed by atoms with E-state index in [1.54, 1.807) is 0 Å². The fourth-order valence-corrected chi connectivity index (χ4v) is 1.64. The molecule has 0 amide bonds. The number of hydrogen-bond donors (Lipinski definition) is 0. The topological polar surface area (TPSA) is 55.7 Å². The fraction of sp³-hybridized carbons (Fsp3) is 0.923. The first kappa shape index (κ1) is 16.1. The van der Waals surface area contributed by atoms with E-state index in [0.717, 1.165) is 6.42 Å². The van der Waals surface area contributed by atoms with Crippen LogP contribution in [-0.2, 0) is 9.53 Å². The highest BCUT2D eigenvalue weighted by molar-refractivity contribution is 5.73. The number of carbonyl (C=O) groups is 1. The minimum absolute atomic E-state index is 0.0259. The molecular weight excluding hydrogens is 218 g/mol. The zero-order valence-corrected chi connectivity index (χ0v) is 11.9. The summed E-state index contributed by atoms with van der Waals surface area (Å²) in [6.45, 7) is 12.5. The average Bonchev–Trinajstić information content (AvgIpc) is 2.11. The van der Waals surface area contributed by atoms with Crippen LogP contribution in [0, 0.1) is 21.7 Å². The van der Waals surface area contributed by atoms with Crippen molar-refractivity contribution in [2.45, 2.75) is 48.0 Å². The van der Waals surface area contributed by atoms with Gasteiger partial charge in [-0.3, -0.25) is 4.79 Å². The summed E-state index contributed by atoms with van der Waals surface area (Å²) in [5.41, 5.74) is -0.0706. The van der Waals surface area contributed by atoms with Crippen molar-refractivity contribution in [3.05, 3.63) is 4.91 Å². The third-order valence-electron chi connectivity index (χ3n) is 2.57. The van der Waals surface area contributed by atoms with E-state index in [1.807, 2.05) is 20.8 Å². The number of nitrogens with zero attached hydrogens (tertiary/aromatic N) is 1. The predicted molar refractivity (Wildman–Crippen MR) is 68.6 cm³/mol. The van der Waals surface area contributed by atoms with Crippen molar-refractivity contribution in [2.24, 2.45) is 21.9 Å². The molecule has 0 heterocycles. The smallest absolute Gasteiger partial charge is 0.309 e. The molecule has 17 heavy (non-hydrogen) atoms. The molecule has 100 valence electrons. The highest BCUT2D eigenvalue weighted by Crippen LogP contribution is 2.36. The van der Waals surface area contributed by atoms with Crippen molar-refractivity contribution in [1.29, 1.82) is 0 Å². The summed E-state index contributed by atoms with van der Waals surface area (Å²) in [7, 11) is 0. The lowest BCUT2D eigenvalue weighted by Crippen LogP contribution is -2.34. The molecule has 0 bridgehead atoms. The van der Waals surface area contributed by atoms with Gasteiger partial charge >= 0.3 is 5.97 Å². The summed E-state index contributed by atoms with van der Waals surface area (Å²) >= 11 is 0. The molecule has 0 fully saturated rings. The van der Waals surface area contributed by atoms with Gasteiger partial charge in [0.2, 0.25) is 0 Å². The first-order valence-electron chi connectivity index (χ1n) is 6.03. The van der Waals surface area contributed by atoms with Crippen LogP contribution in [0.15, 0.2) is 5.18 Å². The zero-order valence-electron chi connectivity index (χ0n) is 11.9. The van der Waals surface area contributed by atoms with Crippen molar-refractivity contribution in [3.8, 4) is 0 Å². The van der Waals surface area contributed by atoms with Crippen LogP contribution >= 0.6 is 0 Å². The van der Waals surface area contributed by atoms with Gasteiger partial charge in [-0.05, 0) is 17.3 Å². The molecule has 1 atom stereocenters. The number of carbonyl (C=O) groups excluding carboxylic acids is 1. The minimum Gasteiger partial charge on any atom is -0.463 e. The Hall–Kier alpha value is -0.930. The third kappa shape index (κ3) is 7.08. The van der Waals surface area contributed by atoms with Gasteiger partial charge in [-0.15, -0.1) is 0 Å². The Morgan fingerprint density at radius 1 is 1.18 bits per heavy atom. The van der Waals surface area contributed by atoms with Gasteiger partial charge in [0.15, 0.2) is 0 Å². The molecule has 0 rings (SSSR count). The van der Waals surface area contributed by atoms with Gasteiger partial charge in [0.05, 0.1) is 5.92 Å². The molecule has 0 N–H and O–H groups in total. The quantitative estimate of drug-likeness (QED) is 0.422. The van der Waals surface area contributed by atoms with Crippen LogP contribution in [0.3, 0.4) is 0 Å². The number of ether oxygens (including phenoxy) is 1. The Bertz CT molecular complexity index is 261. The van der Waals surface area contributed by atoms with Crippen LogP contribution in [0.1, 0.15) is 48.0 Å². The van der Waals surface area contributed by atoms with Crippen LogP contribution in [0.5, 0.6) is 0 Å². The molecule has 0 spiro atoms. The first-order valence-corrected chi connectivity index (χ1v) is 6.03. The maximum atomic E-state index is 12.0. The lowest BCUT2D eigenvalue weighted by Gasteiger charge is -2.33. The van der Waals surface area contributed by atoms with Crippen LogP contribution in [0.2, 0.25) is 0 Å².